The van der Waals surface area contributed by atoms with E-state index in [4.69, 9.17) is 4.74 Å². The predicted octanol–water partition coefficient (Wildman–Crippen LogP) is 4.26. The molecular formula is C16H20BrN3O. The number of rotatable bonds is 6. The van der Waals surface area contributed by atoms with Crippen molar-refractivity contribution in [2.24, 2.45) is 0 Å². The van der Waals surface area contributed by atoms with Crippen molar-refractivity contribution in [2.45, 2.75) is 33.2 Å². The first-order valence-electron chi connectivity index (χ1n) is 7.10. The molecule has 2 rings (SSSR count). The number of hydrogen-bond donors (Lipinski definition) is 1. The van der Waals surface area contributed by atoms with Crippen LogP contribution in [0.3, 0.4) is 0 Å². The van der Waals surface area contributed by atoms with Gasteiger partial charge in [-0.25, -0.2) is 9.97 Å². The van der Waals surface area contributed by atoms with Gasteiger partial charge in [0, 0.05) is 12.5 Å². The third-order valence-corrected chi connectivity index (χ3v) is 3.62. The zero-order valence-corrected chi connectivity index (χ0v) is 14.1. The van der Waals surface area contributed by atoms with Crippen LogP contribution in [0.2, 0.25) is 0 Å². The predicted molar refractivity (Wildman–Crippen MR) is 87.7 cm³/mol. The highest BCUT2D eigenvalue weighted by atomic mass is 79.9. The molecule has 0 radical (unpaired) electrons. The van der Waals surface area contributed by atoms with Gasteiger partial charge in [-0.15, -0.1) is 0 Å². The molecule has 0 atom stereocenters. The highest BCUT2D eigenvalue weighted by Gasteiger charge is 2.12. The van der Waals surface area contributed by atoms with E-state index in [0.717, 1.165) is 28.3 Å². The average molecular weight is 350 g/mol. The average Bonchev–Trinajstić information content (AvgIpc) is 2.48. The molecule has 0 fully saturated rings. The molecule has 0 aliphatic carbocycles. The third kappa shape index (κ3) is 4.25. The topological polar surface area (TPSA) is 47.0 Å². The van der Waals surface area contributed by atoms with E-state index in [1.807, 2.05) is 24.3 Å². The Morgan fingerprint density at radius 3 is 2.67 bits per heavy atom. The van der Waals surface area contributed by atoms with E-state index in [1.165, 1.54) is 0 Å². The van der Waals surface area contributed by atoms with Gasteiger partial charge in [0.05, 0.1) is 10.7 Å². The zero-order valence-electron chi connectivity index (χ0n) is 12.6. The second-order valence-corrected chi connectivity index (χ2v) is 5.86. The van der Waals surface area contributed by atoms with E-state index in [-0.39, 0.29) is 0 Å². The van der Waals surface area contributed by atoms with Crippen LogP contribution >= 0.6 is 15.9 Å². The molecule has 0 aliphatic heterocycles. The summed E-state index contributed by atoms with van der Waals surface area (Å²) < 4.78 is 6.87. The first-order chi connectivity index (χ1) is 10.1. The lowest BCUT2D eigenvalue weighted by atomic mass is 10.2. The van der Waals surface area contributed by atoms with Gasteiger partial charge in [-0.05, 0) is 34.6 Å². The smallest absolute Gasteiger partial charge is 0.168 e. The first kappa shape index (κ1) is 15.9. The van der Waals surface area contributed by atoms with Gasteiger partial charge >= 0.3 is 0 Å². The summed E-state index contributed by atoms with van der Waals surface area (Å²) in [5.74, 6) is 2.58. The number of nitrogens with one attached hydrogen (secondary N) is 1. The van der Waals surface area contributed by atoms with Crippen LogP contribution in [0.4, 0.5) is 0 Å². The molecule has 21 heavy (non-hydrogen) atoms. The lowest BCUT2D eigenvalue weighted by Crippen LogP contribution is -2.15. The summed E-state index contributed by atoms with van der Waals surface area (Å²) in [7, 11) is 0. The Morgan fingerprint density at radius 1 is 1.24 bits per heavy atom. The van der Waals surface area contributed by atoms with E-state index >= 15 is 0 Å². The van der Waals surface area contributed by atoms with E-state index in [2.05, 4.69) is 52.0 Å². The molecule has 0 saturated heterocycles. The number of halogens is 1. The fourth-order valence-corrected chi connectivity index (χ4v) is 2.17. The lowest BCUT2D eigenvalue weighted by molar-refractivity contribution is 0.460. The minimum atomic E-state index is 0.294. The molecule has 4 nitrogen and oxygen atoms in total. The molecule has 0 saturated carbocycles. The molecule has 5 heteroatoms. The van der Waals surface area contributed by atoms with Crippen molar-refractivity contribution in [1.82, 2.24) is 15.3 Å². The summed E-state index contributed by atoms with van der Waals surface area (Å²) in [5.41, 5.74) is 0.881. The second-order valence-electron chi connectivity index (χ2n) is 5.01. The second kappa shape index (κ2) is 7.52. The minimum absolute atomic E-state index is 0.294. The van der Waals surface area contributed by atoms with Crippen LogP contribution in [-0.4, -0.2) is 16.5 Å². The summed E-state index contributed by atoms with van der Waals surface area (Å²) >= 11 is 3.49. The molecule has 0 aliphatic rings. The van der Waals surface area contributed by atoms with Crippen molar-refractivity contribution in [1.29, 1.82) is 0 Å². The highest BCUT2D eigenvalue weighted by molar-refractivity contribution is 9.10. The van der Waals surface area contributed by atoms with Gasteiger partial charge in [-0.3, -0.25) is 0 Å². The summed E-state index contributed by atoms with van der Waals surface area (Å²) in [6.07, 6.45) is 1.76. The van der Waals surface area contributed by atoms with Crippen LogP contribution in [-0.2, 0) is 6.54 Å². The van der Waals surface area contributed by atoms with Gasteiger partial charge in [0.2, 0.25) is 0 Å². The number of nitrogens with zero attached hydrogens (tertiary/aromatic N) is 2. The Morgan fingerprint density at radius 2 is 2.00 bits per heavy atom. The number of ether oxygens (including phenoxy) is 1. The monoisotopic (exact) mass is 349 g/mol. The Kier molecular flexibility index (Phi) is 5.70. The Hall–Kier alpha value is -1.46. The Balaban J connectivity index is 2.31. The summed E-state index contributed by atoms with van der Waals surface area (Å²) in [6, 6.07) is 7.75. The molecule has 0 unspecified atom stereocenters. The maximum absolute atomic E-state index is 5.96. The molecule has 2 aromatic rings. The van der Waals surface area contributed by atoms with E-state index in [1.54, 1.807) is 6.20 Å². The van der Waals surface area contributed by atoms with Crippen molar-refractivity contribution in [3.05, 3.63) is 46.5 Å². The highest BCUT2D eigenvalue weighted by Crippen LogP contribution is 2.30. The van der Waals surface area contributed by atoms with Crippen molar-refractivity contribution in [3.63, 3.8) is 0 Å². The molecule has 1 aromatic heterocycles. The van der Waals surface area contributed by atoms with E-state index < -0.39 is 0 Å². The van der Waals surface area contributed by atoms with E-state index in [0.29, 0.717) is 18.2 Å². The van der Waals surface area contributed by atoms with Gasteiger partial charge in [-0.2, -0.15) is 0 Å². The summed E-state index contributed by atoms with van der Waals surface area (Å²) in [5, 5.41) is 3.29. The first-order valence-corrected chi connectivity index (χ1v) is 7.90. The van der Waals surface area contributed by atoms with Crippen LogP contribution in [0.15, 0.2) is 34.9 Å². The fourth-order valence-electron chi connectivity index (χ4n) is 1.80. The van der Waals surface area contributed by atoms with Crippen LogP contribution < -0.4 is 10.1 Å². The van der Waals surface area contributed by atoms with E-state index in [9.17, 15) is 0 Å². The molecule has 1 aromatic carbocycles. The van der Waals surface area contributed by atoms with Crippen LogP contribution in [0.1, 0.15) is 38.2 Å². The van der Waals surface area contributed by atoms with Crippen LogP contribution in [0.25, 0.3) is 0 Å². The molecule has 1 N–H and O–H groups in total. The van der Waals surface area contributed by atoms with Crippen molar-refractivity contribution in [2.75, 3.05) is 6.54 Å². The maximum Gasteiger partial charge on any atom is 0.168 e. The molecule has 112 valence electrons. The normalized spacial score (nSPS) is 10.9. The molecule has 0 spiro atoms. The number of aromatic nitrogens is 2. The van der Waals surface area contributed by atoms with Crippen molar-refractivity contribution < 1.29 is 4.74 Å². The summed E-state index contributed by atoms with van der Waals surface area (Å²) in [6.45, 7) is 7.79. The Bertz CT molecular complexity index is 602. The minimum Gasteiger partial charge on any atom is -0.453 e. The molecule has 1 heterocycles. The van der Waals surface area contributed by atoms with Gasteiger partial charge < -0.3 is 10.1 Å². The van der Waals surface area contributed by atoms with Crippen LogP contribution in [0.5, 0.6) is 11.5 Å². The fraction of sp³-hybridized carbons (Fsp3) is 0.375. The number of hydrogen-bond acceptors (Lipinski definition) is 4. The Labute approximate surface area is 134 Å². The number of para-hydroxylation sites is 1. The van der Waals surface area contributed by atoms with Gasteiger partial charge in [0.15, 0.2) is 5.75 Å². The largest absolute Gasteiger partial charge is 0.453 e. The lowest BCUT2D eigenvalue weighted by Gasteiger charge is -2.13. The third-order valence-electron chi connectivity index (χ3n) is 2.96. The SMILES string of the molecule is CCNCc1nc(C(C)C)ncc1Oc1ccccc1Br. The zero-order chi connectivity index (χ0) is 15.2. The van der Waals surface area contributed by atoms with Crippen molar-refractivity contribution in [3.8, 4) is 11.5 Å². The molecular weight excluding hydrogens is 330 g/mol. The van der Waals surface area contributed by atoms with Crippen LogP contribution in [0, 0.1) is 0 Å². The molecule has 0 bridgehead atoms. The van der Waals surface area contributed by atoms with Gasteiger partial charge in [-0.1, -0.05) is 32.9 Å². The number of benzene rings is 1. The van der Waals surface area contributed by atoms with Gasteiger partial charge in [0.1, 0.15) is 17.3 Å². The summed E-state index contributed by atoms with van der Waals surface area (Å²) in [4.78, 5) is 9.02. The maximum atomic E-state index is 5.96. The quantitative estimate of drug-likeness (QED) is 0.845. The standard InChI is InChI=1S/C16H20BrN3O/c1-4-18-9-13-15(10-19-16(20-13)11(2)3)21-14-8-6-5-7-12(14)17/h5-8,10-11,18H,4,9H2,1-3H3. The van der Waals surface area contributed by atoms with Gasteiger partial charge in [0.25, 0.3) is 0 Å². The van der Waals surface area contributed by atoms with Crippen molar-refractivity contribution >= 4 is 15.9 Å². The molecule has 0 amide bonds.